The third kappa shape index (κ3) is 4.26. The molecule has 1 aliphatic rings. The third-order valence-corrected chi connectivity index (χ3v) is 5.85. The molecule has 6 heteroatoms. The molecule has 5 nitrogen and oxygen atoms in total. The first-order chi connectivity index (χ1) is 9.92. The van der Waals surface area contributed by atoms with Crippen molar-refractivity contribution in [3.8, 4) is 0 Å². The molecule has 21 heavy (non-hydrogen) atoms. The first-order valence-electron chi connectivity index (χ1n) is 7.34. The smallest absolute Gasteiger partial charge is 0.179 e. The van der Waals surface area contributed by atoms with Gasteiger partial charge in [0, 0.05) is 26.2 Å². The van der Waals surface area contributed by atoms with Crippen LogP contribution in [0.2, 0.25) is 0 Å². The molecule has 1 fully saturated rings. The maximum Gasteiger partial charge on any atom is 0.179 e. The number of rotatable bonds is 5. The molecular formula is C15H24N2O3S. The standard InChI is InChI=1S/C15H24N2O3S/c1-12-11-17(7-6-15(12)18)8-9-21(19,20)14-4-2-13(10-16)3-5-14/h2-5,12,15,18H,6-11,16H2,1H3. The van der Waals surface area contributed by atoms with Gasteiger partial charge in [-0.15, -0.1) is 0 Å². The predicted octanol–water partition coefficient (Wildman–Crippen LogP) is 0.622. The van der Waals surface area contributed by atoms with Crippen LogP contribution in [0.1, 0.15) is 18.9 Å². The number of nitrogens with two attached hydrogens (primary N) is 1. The predicted molar refractivity (Wildman–Crippen MR) is 82.6 cm³/mol. The molecule has 1 aliphatic heterocycles. The fraction of sp³-hybridized carbons (Fsp3) is 0.600. The normalized spacial score (nSPS) is 24.1. The van der Waals surface area contributed by atoms with Gasteiger partial charge in [0.25, 0.3) is 0 Å². The van der Waals surface area contributed by atoms with Crippen LogP contribution in [0.15, 0.2) is 29.2 Å². The van der Waals surface area contributed by atoms with Crippen LogP contribution in [-0.2, 0) is 16.4 Å². The van der Waals surface area contributed by atoms with E-state index in [9.17, 15) is 13.5 Å². The molecule has 0 saturated carbocycles. The van der Waals surface area contributed by atoms with Gasteiger partial charge in [-0.05, 0) is 30.0 Å². The molecule has 2 unspecified atom stereocenters. The molecule has 2 atom stereocenters. The van der Waals surface area contributed by atoms with Crippen molar-refractivity contribution in [1.82, 2.24) is 4.90 Å². The van der Waals surface area contributed by atoms with E-state index in [1.165, 1.54) is 0 Å². The molecule has 0 spiro atoms. The van der Waals surface area contributed by atoms with Crippen LogP contribution < -0.4 is 5.73 Å². The van der Waals surface area contributed by atoms with Gasteiger partial charge in [0.15, 0.2) is 9.84 Å². The molecular weight excluding hydrogens is 288 g/mol. The average molecular weight is 312 g/mol. The maximum absolute atomic E-state index is 12.3. The van der Waals surface area contributed by atoms with Gasteiger partial charge in [0.2, 0.25) is 0 Å². The lowest BCUT2D eigenvalue weighted by Crippen LogP contribution is -2.43. The number of sulfone groups is 1. The van der Waals surface area contributed by atoms with Crippen LogP contribution in [0.5, 0.6) is 0 Å². The van der Waals surface area contributed by atoms with E-state index in [4.69, 9.17) is 5.73 Å². The fourth-order valence-electron chi connectivity index (χ4n) is 2.62. The number of hydrogen-bond acceptors (Lipinski definition) is 5. The molecule has 2 rings (SSSR count). The Morgan fingerprint density at radius 2 is 2.00 bits per heavy atom. The summed E-state index contributed by atoms with van der Waals surface area (Å²) < 4.78 is 24.6. The van der Waals surface area contributed by atoms with Crippen LogP contribution in [-0.4, -0.2) is 49.9 Å². The van der Waals surface area contributed by atoms with Crippen molar-refractivity contribution >= 4 is 9.84 Å². The van der Waals surface area contributed by atoms with E-state index in [2.05, 4.69) is 4.90 Å². The second-order valence-corrected chi connectivity index (χ2v) is 7.91. The summed E-state index contributed by atoms with van der Waals surface area (Å²) in [6, 6.07) is 6.76. The molecule has 1 aromatic carbocycles. The molecule has 118 valence electrons. The summed E-state index contributed by atoms with van der Waals surface area (Å²) in [5, 5.41) is 9.70. The summed E-state index contributed by atoms with van der Waals surface area (Å²) in [5.74, 6) is 0.308. The van der Waals surface area contributed by atoms with E-state index in [0.717, 1.165) is 18.7 Å². The van der Waals surface area contributed by atoms with Crippen LogP contribution in [0.3, 0.4) is 0 Å². The lowest BCUT2D eigenvalue weighted by Gasteiger charge is -2.34. The molecule has 0 amide bonds. The highest BCUT2D eigenvalue weighted by Crippen LogP contribution is 2.18. The van der Waals surface area contributed by atoms with E-state index in [1.807, 2.05) is 6.92 Å². The second kappa shape index (κ2) is 6.87. The minimum absolute atomic E-state index is 0.109. The molecule has 1 heterocycles. The second-order valence-electron chi connectivity index (χ2n) is 5.80. The maximum atomic E-state index is 12.3. The van der Waals surface area contributed by atoms with Crippen LogP contribution in [0.25, 0.3) is 0 Å². The van der Waals surface area contributed by atoms with Gasteiger partial charge in [0.1, 0.15) is 0 Å². The van der Waals surface area contributed by atoms with Crippen LogP contribution >= 0.6 is 0 Å². The van der Waals surface area contributed by atoms with Crippen molar-refractivity contribution in [3.63, 3.8) is 0 Å². The Bertz CT molecular complexity index is 557. The quantitative estimate of drug-likeness (QED) is 0.833. The summed E-state index contributed by atoms with van der Waals surface area (Å²) in [7, 11) is -3.26. The number of nitrogens with zero attached hydrogens (tertiary/aromatic N) is 1. The average Bonchev–Trinajstić information content (AvgIpc) is 2.48. The number of piperidine rings is 1. The van der Waals surface area contributed by atoms with Gasteiger partial charge >= 0.3 is 0 Å². The van der Waals surface area contributed by atoms with Crippen molar-refractivity contribution in [2.24, 2.45) is 11.7 Å². The summed E-state index contributed by atoms with van der Waals surface area (Å²) >= 11 is 0. The van der Waals surface area contributed by atoms with Gasteiger partial charge in [0.05, 0.1) is 16.8 Å². The number of aliphatic hydroxyl groups is 1. The zero-order chi connectivity index (χ0) is 15.5. The third-order valence-electron chi connectivity index (χ3n) is 4.14. The van der Waals surface area contributed by atoms with Gasteiger partial charge in [-0.1, -0.05) is 19.1 Å². The monoisotopic (exact) mass is 312 g/mol. The van der Waals surface area contributed by atoms with Crippen molar-refractivity contribution in [1.29, 1.82) is 0 Å². The van der Waals surface area contributed by atoms with Crippen molar-refractivity contribution in [3.05, 3.63) is 29.8 Å². The van der Waals surface area contributed by atoms with Crippen molar-refractivity contribution < 1.29 is 13.5 Å². The zero-order valence-corrected chi connectivity index (χ0v) is 13.2. The summed E-state index contributed by atoms with van der Waals surface area (Å²) in [4.78, 5) is 2.47. The summed E-state index contributed by atoms with van der Waals surface area (Å²) in [6.07, 6.45) is 0.452. The molecule has 0 radical (unpaired) electrons. The first-order valence-corrected chi connectivity index (χ1v) is 9.00. The molecule has 0 aliphatic carbocycles. The minimum Gasteiger partial charge on any atom is -0.393 e. The van der Waals surface area contributed by atoms with Crippen molar-refractivity contribution in [2.45, 2.75) is 30.9 Å². The molecule has 1 aromatic rings. The highest BCUT2D eigenvalue weighted by Gasteiger charge is 2.25. The Kier molecular flexibility index (Phi) is 5.37. The summed E-state index contributed by atoms with van der Waals surface area (Å²) in [6.45, 7) is 4.43. The number of aliphatic hydroxyl groups excluding tert-OH is 1. The Labute approximate surface area is 126 Å². The molecule has 0 bridgehead atoms. The highest BCUT2D eigenvalue weighted by atomic mass is 32.2. The zero-order valence-electron chi connectivity index (χ0n) is 12.4. The van der Waals surface area contributed by atoms with Gasteiger partial charge in [-0.3, -0.25) is 0 Å². The van der Waals surface area contributed by atoms with Gasteiger partial charge in [-0.25, -0.2) is 8.42 Å². The van der Waals surface area contributed by atoms with E-state index in [-0.39, 0.29) is 17.8 Å². The largest absolute Gasteiger partial charge is 0.393 e. The lowest BCUT2D eigenvalue weighted by molar-refractivity contribution is 0.0375. The summed E-state index contributed by atoms with van der Waals surface area (Å²) in [5.41, 5.74) is 6.44. The molecule has 3 N–H and O–H groups in total. The van der Waals surface area contributed by atoms with Crippen LogP contribution in [0, 0.1) is 5.92 Å². The Morgan fingerprint density at radius 3 is 2.57 bits per heavy atom. The Balaban J connectivity index is 1.94. The number of likely N-dealkylation sites (tertiary alicyclic amines) is 1. The Morgan fingerprint density at radius 1 is 1.33 bits per heavy atom. The fourth-order valence-corrected chi connectivity index (χ4v) is 3.91. The van der Waals surface area contributed by atoms with E-state index in [0.29, 0.717) is 24.4 Å². The Hall–Kier alpha value is -0.950. The molecule has 0 aromatic heterocycles. The molecule has 1 saturated heterocycles. The van der Waals surface area contributed by atoms with Crippen molar-refractivity contribution in [2.75, 3.05) is 25.4 Å². The van der Waals surface area contributed by atoms with Gasteiger partial charge in [-0.2, -0.15) is 0 Å². The van der Waals surface area contributed by atoms with E-state index in [1.54, 1.807) is 24.3 Å². The van der Waals surface area contributed by atoms with E-state index >= 15 is 0 Å². The topological polar surface area (TPSA) is 83.6 Å². The number of hydrogen-bond donors (Lipinski definition) is 2. The number of benzene rings is 1. The van der Waals surface area contributed by atoms with Gasteiger partial charge < -0.3 is 15.7 Å². The first kappa shape index (κ1) is 16.4. The van der Waals surface area contributed by atoms with E-state index < -0.39 is 9.84 Å². The van der Waals surface area contributed by atoms with Crippen LogP contribution in [0.4, 0.5) is 0 Å². The highest BCUT2D eigenvalue weighted by molar-refractivity contribution is 7.91. The SMILES string of the molecule is CC1CN(CCS(=O)(=O)c2ccc(CN)cc2)CCC1O. The minimum atomic E-state index is -3.26. The lowest BCUT2D eigenvalue weighted by atomic mass is 9.97.